The summed E-state index contributed by atoms with van der Waals surface area (Å²) in [5.41, 5.74) is -0.851. The van der Waals surface area contributed by atoms with Gasteiger partial charge in [-0.3, -0.25) is 9.59 Å². The van der Waals surface area contributed by atoms with Crippen LogP contribution in [0, 0.1) is 0 Å². The summed E-state index contributed by atoms with van der Waals surface area (Å²) in [5.74, 6) is -0.582. The number of carbonyl (C=O) groups excluding carboxylic acids is 2. The molecule has 0 aliphatic carbocycles. The first-order valence-electron chi connectivity index (χ1n) is 5.08. The largest absolute Gasteiger partial charge is 0.460 e. The highest BCUT2D eigenvalue weighted by molar-refractivity contribution is 5.96. The molecule has 0 unspecified atom stereocenters. The second-order valence-corrected chi connectivity index (χ2v) is 5.22. The number of hydrogen-bond donors (Lipinski definition) is 0. The van der Waals surface area contributed by atoms with Crippen LogP contribution in [0.2, 0.25) is 0 Å². The third kappa shape index (κ3) is 4.93. The molecule has 0 saturated carbocycles. The summed E-state index contributed by atoms with van der Waals surface area (Å²) in [6.07, 6.45) is 0.141. The van der Waals surface area contributed by atoms with Gasteiger partial charge in [0.25, 0.3) is 0 Å². The molecule has 0 aromatic rings. The molecule has 0 bridgehead atoms. The van der Waals surface area contributed by atoms with Gasteiger partial charge < -0.3 is 9.47 Å². The van der Waals surface area contributed by atoms with Crippen LogP contribution in [0.3, 0.4) is 0 Å². The molecule has 1 saturated heterocycles. The van der Waals surface area contributed by atoms with Gasteiger partial charge in [-0.25, -0.2) is 0 Å². The summed E-state index contributed by atoms with van der Waals surface area (Å²) in [6, 6.07) is 0. The van der Waals surface area contributed by atoms with Gasteiger partial charge in [0.2, 0.25) is 0 Å². The van der Waals surface area contributed by atoms with E-state index in [1.165, 1.54) is 0 Å². The van der Waals surface area contributed by atoms with Crippen molar-refractivity contribution in [1.82, 2.24) is 0 Å². The van der Waals surface area contributed by atoms with E-state index in [0.29, 0.717) is 13.0 Å². The highest BCUT2D eigenvalue weighted by Gasteiger charge is 2.41. The van der Waals surface area contributed by atoms with Gasteiger partial charge in [-0.2, -0.15) is 0 Å². The Kier molecular flexibility index (Phi) is 3.19. The average molecular weight is 214 g/mol. The van der Waals surface area contributed by atoms with E-state index >= 15 is 0 Å². The first-order valence-corrected chi connectivity index (χ1v) is 5.08. The highest BCUT2D eigenvalue weighted by Crippen LogP contribution is 2.30. The molecule has 1 atom stereocenters. The van der Waals surface area contributed by atoms with Gasteiger partial charge in [0.15, 0.2) is 0 Å². The van der Waals surface area contributed by atoms with Crippen molar-refractivity contribution in [3.8, 4) is 0 Å². The van der Waals surface area contributed by atoms with Crippen LogP contribution in [0.4, 0.5) is 0 Å². The van der Waals surface area contributed by atoms with E-state index in [-0.39, 0.29) is 17.8 Å². The maximum absolute atomic E-state index is 11.4. The van der Waals surface area contributed by atoms with Gasteiger partial charge in [-0.1, -0.05) is 0 Å². The number of esters is 1. The zero-order valence-corrected chi connectivity index (χ0v) is 9.75. The van der Waals surface area contributed by atoms with E-state index in [9.17, 15) is 9.59 Å². The maximum atomic E-state index is 11.4. The summed E-state index contributed by atoms with van der Waals surface area (Å²) in [4.78, 5) is 22.7. The van der Waals surface area contributed by atoms with Crippen molar-refractivity contribution in [3.63, 3.8) is 0 Å². The summed E-state index contributed by atoms with van der Waals surface area (Å²) >= 11 is 0. The standard InChI is InChI=1S/C11H18O4/c1-10(2,3)15-9(13)5-8(12)6-11(4)7-14-11/h5-7H2,1-4H3/t11-/m0/s1. The maximum Gasteiger partial charge on any atom is 0.313 e. The Bertz CT molecular complexity index is 254. The zero-order chi connectivity index (χ0) is 11.7. The summed E-state index contributed by atoms with van der Waals surface area (Å²) in [7, 11) is 0. The second-order valence-electron chi connectivity index (χ2n) is 5.22. The van der Waals surface area contributed by atoms with Crippen LogP contribution in [-0.2, 0) is 19.1 Å². The molecule has 0 spiro atoms. The minimum absolute atomic E-state index is 0.121. The first-order chi connectivity index (χ1) is 6.70. The quantitative estimate of drug-likeness (QED) is 0.404. The van der Waals surface area contributed by atoms with Crippen LogP contribution < -0.4 is 0 Å². The third-order valence-corrected chi connectivity index (χ3v) is 1.97. The minimum atomic E-state index is -0.530. The molecule has 0 N–H and O–H groups in total. The van der Waals surface area contributed by atoms with Crippen LogP contribution >= 0.6 is 0 Å². The molecule has 0 amide bonds. The lowest BCUT2D eigenvalue weighted by Crippen LogP contribution is -2.26. The van der Waals surface area contributed by atoms with Gasteiger partial charge in [0, 0.05) is 6.42 Å². The minimum Gasteiger partial charge on any atom is -0.460 e. The van der Waals surface area contributed by atoms with Gasteiger partial charge in [-0.05, 0) is 27.7 Å². The average Bonchev–Trinajstić information content (AvgIpc) is 2.61. The molecule has 1 rings (SSSR count). The van der Waals surface area contributed by atoms with E-state index in [1.807, 2.05) is 6.92 Å². The molecule has 4 heteroatoms. The second kappa shape index (κ2) is 3.93. The third-order valence-electron chi connectivity index (χ3n) is 1.97. The molecule has 0 aromatic heterocycles. The van der Waals surface area contributed by atoms with Crippen LogP contribution in [0.25, 0.3) is 0 Å². The Balaban J connectivity index is 2.28. The number of ketones is 1. The van der Waals surface area contributed by atoms with E-state index < -0.39 is 11.6 Å². The Morgan fingerprint density at radius 3 is 2.33 bits per heavy atom. The van der Waals surface area contributed by atoms with E-state index in [0.717, 1.165) is 0 Å². The molecule has 1 aliphatic rings. The molecule has 4 nitrogen and oxygen atoms in total. The Labute approximate surface area is 89.9 Å². The fourth-order valence-electron chi connectivity index (χ4n) is 1.24. The van der Waals surface area contributed by atoms with E-state index in [4.69, 9.17) is 9.47 Å². The highest BCUT2D eigenvalue weighted by atomic mass is 16.6. The molecule has 0 radical (unpaired) electrons. The van der Waals surface area contributed by atoms with Crippen molar-refractivity contribution in [2.24, 2.45) is 0 Å². The molecule has 15 heavy (non-hydrogen) atoms. The number of carbonyl (C=O) groups is 2. The van der Waals surface area contributed by atoms with Crippen LogP contribution in [-0.4, -0.2) is 29.6 Å². The summed E-state index contributed by atoms with van der Waals surface area (Å²) < 4.78 is 10.1. The van der Waals surface area contributed by atoms with Crippen molar-refractivity contribution in [2.45, 2.75) is 51.7 Å². The number of Topliss-reactive ketones (excluding diaryl/α,β-unsaturated/α-hetero) is 1. The molecule has 1 aliphatic heterocycles. The zero-order valence-electron chi connectivity index (χ0n) is 9.75. The number of rotatable bonds is 4. The Hall–Kier alpha value is -0.900. The van der Waals surface area contributed by atoms with Crippen molar-refractivity contribution >= 4 is 11.8 Å². The van der Waals surface area contributed by atoms with Crippen molar-refractivity contribution in [2.75, 3.05) is 6.61 Å². The van der Waals surface area contributed by atoms with Crippen LogP contribution in [0.1, 0.15) is 40.5 Å². The summed E-state index contributed by atoms with van der Waals surface area (Å²) in [5, 5.41) is 0. The monoisotopic (exact) mass is 214 g/mol. The van der Waals surface area contributed by atoms with Crippen LogP contribution in [0.15, 0.2) is 0 Å². The summed E-state index contributed by atoms with van der Waals surface area (Å²) in [6.45, 7) is 7.80. The lowest BCUT2D eigenvalue weighted by atomic mass is 10.0. The van der Waals surface area contributed by atoms with Gasteiger partial charge in [0.05, 0.1) is 12.2 Å². The first kappa shape index (κ1) is 12.2. The number of hydrogen-bond acceptors (Lipinski definition) is 4. The predicted octanol–water partition coefficient (Wildman–Crippen LogP) is 1.47. The molecular formula is C11H18O4. The Morgan fingerprint density at radius 1 is 1.40 bits per heavy atom. The molecular weight excluding hydrogens is 196 g/mol. The lowest BCUT2D eigenvalue weighted by molar-refractivity contribution is -0.156. The lowest BCUT2D eigenvalue weighted by Gasteiger charge is -2.19. The van der Waals surface area contributed by atoms with Crippen LogP contribution in [0.5, 0.6) is 0 Å². The fourth-order valence-corrected chi connectivity index (χ4v) is 1.24. The smallest absolute Gasteiger partial charge is 0.313 e. The molecule has 1 heterocycles. The van der Waals surface area contributed by atoms with Crippen molar-refractivity contribution in [3.05, 3.63) is 0 Å². The van der Waals surface area contributed by atoms with Gasteiger partial charge in [0.1, 0.15) is 17.8 Å². The van der Waals surface area contributed by atoms with E-state index in [2.05, 4.69) is 0 Å². The normalized spacial score (nSPS) is 24.8. The van der Waals surface area contributed by atoms with E-state index in [1.54, 1.807) is 20.8 Å². The molecule has 86 valence electrons. The Morgan fingerprint density at radius 2 is 1.93 bits per heavy atom. The van der Waals surface area contributed by atoms with Gasteiger partial charge in [-0.15, -0.1) is 0 Å². The van der Waals surface area contributed by atoms with Gasteiger partial charge >= 0.3 is 5.97 Å². The number of ether oxygens (including phenoxy) is 2. The van der Waals surface area contributed by atoms with Crippen molar-refractivity contribution < 1.29 is 19.1 Å². The van der Waals surface area contributed by atoms with Crippen molar-refractivity contribution in [1.29, 1.82) is 0 Å². The fraction of sp³-hybridized carbons (Fsp3) is 0.818. The SMILES string of the molecule is CC(C)(C)OC(=O)CC(=O)C[C@@]1(C)CO1. The predicted molar refractivity (Wildman–Crippen MR) is 54.4 cm³/mol. The number of epoxide rings is 1. The topological polar surface area (TPSA) is 55.9 Å². The molecule has 1 fully saturated rings. The molecule has 0 aromatic carbocycles.